The van der Waals surface area contributed by atoms with E-state index in [1.807, 2.05) is 6.07 Å². The van der Waals surface area contributed by atoms with Crippen molar-refractivity contribution in [2.75, 3.05) is 31.6 Å². The van der Waals surface area contributed by atoms with Gasteiger partial charge in [0.1, 0.15) is 12.1 Å². The maximum absolute atomic E-state index is 5.82. The number of aryl methyl sites for hydroxylation is 1. The van der Waals surface area contributed by atoms with E-state index >= 15 is 0 Å². The molecule has 1 fully saturated rings. The maximum Gasteiger partial charge on any atom is 0.129 e. The number of rotatable bonds is 6. The Labute approximate surface area is 108 Å². The molecule has 1 aliphatic rings. The van der Waals surface area contributed by atoms with Crippen LogP contribution in [0.5, 0.6) is 0 Å². The molecule has 1 aliphatic heterocycles. The Balaban J connectivity index is 1.65. The summed E-state index contributed by atoms with van der Waals surface area (Å²) in [6, 6.07) is 1.99. The number of piperidine rings is 1. The number of ether oxygens (including phenoxy) is 1. The van der Waals surface area contributed by atoms with Crippen molar-refractivity contribution < 1.29 is 4.74 Å². The van der Waals surface area contributed by atoms with Crippen LogP contribution in [0, 0.1) is 0 Å². The lowest BCUT2D eigenvalue weighted by molar-refractivity contribution is 0.0394. The largest absolute Gasteiger partial charge is 0.376 e. The predicted molar refractivity (Wildman–Crippen MR) is 71.7 cm³/mol. The zero-order chi connectivity index (χ0) is 12.6. The van der Waals surface area contributed by atoms with Crippen molar-refractivity contribution in [3.8, 4) is 0 Å². The maximum atomic E-state index is 5.82. The van der Waals surface area contributed by atoms with Gasteiger partial charge in [-0.15, -0.1) is 0 Å². The Morgan fingerprint density at radius 1 is 1.39 bits per heavy atom. The van der Waals surface area contributed by atoms with Crippen molar-refractivity contribution in [2.45, 2.75) is 32.3 Å². The fourth-order valence-corrected chi connectivity index (χ4v) is 2.05. The quantitative estimate of drug-likeness (QED) is 0.743. The Morgan fingerprint density at radius 2 is 2.22 bits per heavy atom. The molecule has 0 aromatic carbocycles. The first kappa shape index (κ1) is 13.2. The molecule has 5 heteroatoms. The van der Waals surface area contributed by atoms with E-state index in [-0.39, 0.29) is 0 Å². The van der Waals surface area contributed by atoms with Crippen molar-refractivity contribution >= 4 is 5.82 Å². The van der Waals surface area contributed by atoms with Gasteiger partial charge >= 0.3 is 0 Å². The summed E-state index contributed by atoms with van der Waals surface area (Å²) in [5, 5.41) is 6.60. The van der Waals surface area contributed by atoms with E-state index in [1.54, 1.807) is 6.33 Å². The molecule has 5 nitrogen and oxygen atoms in total. The van der Waals surface area contributed by atoms with Crippen LogP contribution in [0.3, 0.4) is 0 Å². The molecule has 0 bridgehead atoms. The zero-order valence-electron chi connectivity index (χ0n) is 11.0. The summed E-state index contributed by atoms with van der Waals surface area (Å²) in [5.41, 5.74) is 1.06. The second-order valence-corrected chi connectivity index (χ2v) is 4.50. The predicted octanol–water partition coefficient (Wildman–Crippen LogP) is 1.22. The van der Waals surface area contributed by atoms with Crippen LogP contribution in [0.2, 0.25) is 0 Å². The van der Waals surface area contributed by atoms with Gasteiger partial charge in [0, 0.05) is 18.3 Å². The van der Waals surface area contributed by atoms with Gasteiger partial charge in [0.15, 0.2) is 0 Å². The second kappa shape index (κ2) is 7.28. The highest BCUT2D eigenvalue weighted by Crippen LogP contribution is 2.07. The first-order chi connectivity index (χ1) is 8.88. The van der Waals surface area contributed by atoms with Gasteiger partial charge in [-0.2, -0.15) is 0 Å². The Bertz CT molecular complexity index is 353. The summed E-state index contributed by atoms with van der Waals surface area (Å²) in [6.07, 6.45) is 5.20. The molecule has 2 heterocycles. The van der Waals surface area contributed by atoms with Gasteiger partial charge in [0.2, 0.25) is 0 Å². The summed E-state index contributed by atoms with van der Waals surface area (Å²) < 4.78 is 5.82. The molecule has 2 N–H and O–H groups in total. The monoisotopic (exact) mass is 250 g/mol. The number of hydrogen-bond acceptors (Lipinski definition) is 5. The summed E-state index contributed by atoms with van der Waals surface area (Å²) in [5.74, 6) is 0.885. The summed E-state index contributed by atoms with van der Waals surface area (Å²) >= 11 is 0. The van der Waals surface area contributed by atoms with E-state index < -0.39 is 0 Å². The molecular formula is C13H22N4O. The van der Waals surface area contributed by atoms with Gasteiger partial charge in [-0.05, 0) is 32.4 Å². The molecule has 2 rings (SSSR count). The van der Waals surface area contributed by atoms with Crippen molar-refractivity contribution in [1.82, 2.24) is 15.3 Å². The highest BCUT2D eigenvalue weighted by molar-refractivity contribution is 5.34. The summed E-state index contributed by atoms with van der Waals surface area (Å²) in [6.45, 7) is 5.76. The van der Waals surface area contributed by atoms with Crippen molar-refractivity contribution in [3.63, 3.8) is 0 Å². The number of nitrogens with zero attached hydrogens (tertiary/aromatic N) is 2. The third-order valence-corrected chi connectivity index (χ3v) is 3.13. The summed E-state index contributed by atoms with van der Waals surface area (Å²) in [4.78, 5) is 8.35. The molecule has 0 saturated carbocycles. The highest BCUT2D eigenvalue weighted by atomic mass is 16.5. The minimum absolute atomic E-state index is 0.421. The van der Waals surface area contributed by atoms with Crippen LogP contribution < -0.4 is 10.6 Å². The van der Waals surface area contributed by atoms with E-state index in [1.165, 1.54) is 0 Å². The minimum Gasteiger partial charge on any atom is -0.376 e. The van der Waals surface area contributed by atoms with Gasteiger partial charge in [0.25, 0.3) is 0 Å². The van der Waals surface area contributed by atoms with Crippen LogP contribution in [-0.2, 0) is 11.2 Å². The van der Waals surface area contributed by atoms with E-state index in [2.05, 4.69) is 27.5 Å². The van der Waals surface area contributed by atoms with Crippen LogP contribution in [0.1, 0.15) is 25.5 Å². The van der Waals surface area contributed by atoms with Crippen LogP contribution in [0.4, 0.5) is 5.82 Å². The molecule has 1 aromatic rings. The van der Waals surface area contributed by atoms with Crippen molar-refractivity contribution in [2.24, 2.45) is 0 Å². The van der Waals surface area contributed by atoms with Crippen molar-refractivity contribution in [3.05, 3.63) is 18.1 Å². The van der Waals surface area contributed by atoms with Crippen LogP contribution in [-0.4, -0.2) is 42.3 Å². The Kier molecular flexibility index (Phi) is 5.36. The summed E-state index contributed by atoms with van der Waals surface area (Å²) in [7, 11) is 0. The van der Waals surface area contributed by atoms with Crippen LogP contribution >= 0.6 is 0 Å². The lowest BCUT2D eigenvalue weighted by Gasteiger charge is -2.23. The standard InChI is InChI=1S/C13H22N4O/c1-2-11-9-13(17-10-16-11)15-7-8-18-12-3-5-14-6-4-12/h9-10,12,14H,2-8H2,1H3,(H,15,16,17). The Hall–Kier alpha value is -1.20. The average Bonchev–Trinajstić information content (AvgIpc) is 2.45. The number of anilines is 1. The molecule has 0 unspecified atom stereocenters. The lowest BCUT2D eigenvalue weighted by atomic mass is 10.1. The molecule has 0 spiro atoms. The van der Waals surface area contributed by atoms with Crippen LogP contribution in [0.25, 0.3) is 0 Å². The lowest BCUT2D eigenvalue weighted by Crippen LogP contribution is -2.33. The molecule has 0 radical (unpaired) electrons. The zero-order valence-corrected chi connectivity index (χ0v) is 11.0. The Morgan fingerprint density at radius 3 is 3.00 bits per heavy atom. The molecular weight excluding hydrogens is 228 g/mol. The van der Waals surface area contributed by atoms with E-state index in [0.717, 1.165) is 57.0 Å². The second-order valence-electron chi connectivity index (χ2n) is 4.50. The third kappa shape index (κ3) is 4.23. The highest BCUT2D eigenvalue weighted by Gasteiger charge is 2.12. The van der Waals surface area contributed by atoms with Gasteiger partial charge in [-0.1, -0.05) is 6.92 Å². The number of aromatic nitrogens is 2. The van der Waals surface area contributed by atoms with Gasteiger partial charge in [-0.3, -0.25) is 0 Å². The minimum atomic E-state index is 0.421. The molecule has 100 valence electrons. The first-order valence-corrected chi connectivity index (χ1v) is 6.75. The number of nitrogens with one attached hydrogen (secondary N) is 2. The van der Waals surface area contributed by atoms with E-state index in [0.29, 0.717) is 6.10 Å². The molecule has 0 atom stereocenters. The molecule has 1 saturated heterocycles. The van der Waals surface area contributed by atoms with E-state index in [9.17, 15) is 0 Å². The van der Waals surface area contributed by atoms with E-state index in [4.69, 9.17) is 4.74 Å². The fourth-order valence-electron chi connectivity index (χ4n) is 2.05. The van der Waals surface area contributed by atoms with Gasteiger partial charge in [0.05, 0.1) is 12.7 Å². The normalized spacial score (nSPS) is 16.7. The average molecular weight is 250 g/mol. The van der Waals surface area contributed by atoms with Gasteiger partial charge < -0.3 is 15.4 Å². The molecule has 0 aliphatic carbocycles. The SMILES string of the molecule is CCc1cc(NCCOC2CCNCC2)ncn1. The molecule has 1 aromatic heterocycles. The smallest absolute Gasteiger partial charge is 0.129 e. The van der Waals surface area contributed by atoms with Gasteiger partial charge in [-0.25, -0.2) is 9.97 Å². The van der Waals surface area contributed by atoms with Crippen molar-refractivity contribution in [1.29, 1.82) is 0 Å². The van der Waals surface area contributed by atoms with Crippen LogP contribution in [0.15, 0.2) is 12.4 Å². The first-order valence-electron chi connectivity index (χ1n) is 6.75. The topological polar surface area (TPSA) is 59.1 Å². The molecule has 18 heavy (non-hydrogen) atoms. The molecule has 0 amide bonds. The number of hydrogen-bond donors (Lipinski definition) is 2. The third-order valence-electron chi connectivity index (χ3n) is 3.13. The fraction of sp³-hybridized carbons (Fsp3) is 0.692.